The first-order chi connectivity index (χ1) is 17.9. The Hall–Kier alpha value is -3.99. The number of benzene rings is 2. The van der Waals surface area contributed by atoms with Crippen LogP contribution in [0.3, 0.4) is 0 Å². The Labute approximate surface area is 219 Å². The van der Waals surface area contributed by atoms with Crippen LogP contribution in [0, 0.1) is 11.8 Å². The number of nitrogens with two attached hydrogens (primary N) is 2. The summed E-state index contributed by atoms with van der Waals surface area (Å²) in [6.07, 6.45) is 1.62. The number of nitrogens with zero attached hydrogens (tertiary/aromatic N) is 1. The van der Waals surface area contributed by atoms with Gasteiger partial charge in [-0.3, -0.25) is 9.50 Å². The molecule has 0 bridgehead atoms. The number of anilines is 3. The SMILES string of the molecule is NCc1cccc(NC(=O)Nc2ccc(-c3csc4c(C#CCNCO[SH](=O)=O)cnc(N)c34)cc2)c1. The molecule has 4 rings (SSSR count). The maximum Gasteiger partial charge on any atom is 0.323 e. The molecule has 0 aliphatic carbocycles. The smallest absolute Gasteiger partial charge is 0.323 e. The van der Waals surface area contributed by atoms with Gasteiger partial charge in [0.25, 0.3) is 11.0 Å². The molecule has 4 aromatic rings. The lowest BCUT2D eigenvalue weighted by molar-refractivity contribution is 0.262. The van der Waals surface area contributed by atoms with Crippen molar-refractivity contribution in [3.05, 3.63) is 71.2 Å². The van der Waals surface area contributed by atoms with Gasteiger partial charge in [0.1, 0.15) is 12.5 Å². The Kier molecular flexibility index (Phi) is 8.68. The van der Waals surface area contributed by atoms with Crippen molar-refractivity contribution in [3.63, 3.8) is 0 Å². The van der Waals surface area contributed by atoms with E-state index in [0.717, 1.165) is 26.8 Å². The summed E-state index contributed by atoms with van der Waals surface area (Å²) >= 11 is 1.50. The molecule has 0 unspecified atom stereocenters. The number of hydrogen-bond acceptors (Lipinski definition) is 9. The average Bonchev–Trinajstić information content (AvgIpc) is 3.34. The predicted octanol–water partition coefficient (Wildman–Crippen LogP) is 3.09. The molecule has 0 spiro atoms. The molecule has 10 nitrogen and oxygen atoms in total. The van der Waals surface area contributed by atoms with E-state index in [1.165, 1.54) is 11.3 Å². The van der Waals surface area contributed by atoms with E-state index in [9.17, 15) is 13.2 Å². The van der Waals surface area contributed by atoms with Crippen molar-refractivity contribution in [2.24, 2.45) is 5.73 Å². The van der Waals surface area contributed by atoms with Crippen molar-refractivity contribution in [1.82, 2.24) is 10.3 Å². The van der Waals surface area contributed by atoms with Gasteiger partial charge in [0.05, 0.1) is 16.8 Å². The fourth-order valence-corrected chi connectivity index (χ4v) is 4.77. The molecule has 0 aliphatic rings. The molecule has 12 heteroatoms. The predicted molar refractivity (Wildman–Crippen MR) is 148 cm³/mol. The fourth-order valence-electron chi connectivity index (χ4n) is 3.52. The Bertz CT molecular complexity index is 1550. The Balaban J connectivity index is 1.46. The van der Waals surface area contributed by atoms with Gasteiger partial charge < -0.3 is 22.1 Å². The van der Waals surface area contributed by atoms with Gasteiger partial charge >= 0.3 is 6.03 Å². The lowest BCUT2D eigenvalue weighted by atomic mass is 10.0. The fraction of sp³-hybridized carbons (Fsp3) is 0.120. The first-order valence-electron chi connectivity index (χ1n) is 11.0. The van der Waals surface area contributed by atoms with Crippen LogP contribution in [-0.2, 0) is 21.7 Å². The van der Waals surface area contributed by atoms with Crippen LogP contribution in [0.5, 0.6) is 0 Å². The van der Waals surface area contributed by atoms with E-state index in [1.54, 1.807) is 12.3 Å². The maximum absolute atomic E-state index is 12.4. The minimum Gasteiger partial charge on any atom is -0.383 e. The highest BCUT2D eigenvalue weighted by Gasteiger charge is 2.13. The molecule has 0 fully saturated rings. The van der Waals surface area contributed by atoms with Gasteiger partial charge in [-0.1, -0.05) is 36.1 Å². The molecule has 0 aliphatic heterocycles. The van der Waals surface area contributed by atoms with Crippen LogP contribution in [0.4, 0.5) is 22.0 Å². The summed E-state index contributed by atoms with van der Waals surface area (Å²) in [4.78, 5) is 16.7. The van der Waals surface area contributed by atoms with E-state index in [-0.39, 0.29) is 19.3 Å². The summed E-state index contributed by atoms with van der Waals surface area (Å²) in [6, 6.07) is 14.4. The minimum atomic E-state index is -2.89. The van der Waals surface area contributed by atoms with Crippen LogP contribution in [0.25, 0.3) is 21.2 Å². The number of urea groups is 1. The monoisotopic (exact) mass is 536 g/mol. The van der Waals surface area contributed by atoms with Crippen LogP contribution in [0.15, 0.2) is 60.1 Å². The summed E-state index contributed by atoms with van der Waals surface area (Å²) in [7, 11) is -2.89. The third kappa shape index (κ3) is 6.82. The van der Waals surface area contributed by atoms with Crippen molar-refractivity contribution in [2.75, 3.05) is 29.6 Å². The topological polar surface area (TPSA) is 161 Å². The second kappa shape index (κ2) is 12.3. The van der Waals surface area contributed by atoms with Crippen LogP contribution in [0.1, 0.15) is 11.1 Å². The third-order valence-corrected chi connectivity index (χ3v) is 6.56. The van der Waals surface area contributed by atoms with E-state index in [2.05, 4.69) is 37.0 Å². The highest BCUT2D eigenvalue weighted by molar-refractivity contribution is 7.67. The quantitative estimate of drug-likeness (QED) is 0.0866. The summed E-state index contributed by atoms with van der Waals surface area (Å²) in [5.74, 6) is 6.35. The normalized spacial score (nSPS) is 10.8. The number of nitrogen functional groups attached to an aromatic ring is 1. The lowest BCUT2D eigenvalue weighted by Crippen LogP contribution is -2.19. The molecule has 2 aromatic heterocycles. The second-order valence-electron chi connectivity index (χ2n) is 7.70. The number of fused-ring (bicyclic) bond motifs is 1. The first kappa shape index (κ1) is 26.1. The van der Waals surface area contributed by atoms with Gasteiger partial charge in [0.2, 0.25) is 0 Å². The Morgan fingerprint density at radius 1 is 1.11 bits per heavy atom. The Morgan fingerprint density at radius 2 is 1.89 bits per heavy atom. The van der Waals surface area contributed by atoms with Crippen molar-refractivity contribution >= 4 is 55.6 Å². The summed E-state index contributed by atoms with van der Waals surface area (Å²) in [5.41, 5.74) is 16.6. The number of thiol groups is 1. The number of hydrogen-bond donors (Lipinski definition) is 6. The van der Waals surface area contributed by atoms with E-state index < -0.39 is 11.0 Å². The number of nitrogens with one attached hydrogen (secondary N) is 3. The molecule has 0 radical (unpaired) electrons. The van der Waals surface area contributed by atoms with Gasteiger partial charge in [-0.25, -0.2) is 18.2 Å². The molecule has 2 heterocycles. The van der Waals surface area contributed by atoms with Crippen molar-refractivity contribution < 1.29 is 17.4 Å². The first-order valence-corrected chi connectivity index (χ1v) is 13.0. The molecule has 7 N–H and O–H groups in total. The van der Waals surface area contributed by atoms with Crippen LogP contribution >= 0.6 is 11.3 Å². The standard InChI is InChI=1S/C25H24N6O4S2/c26-12-16-3-1-5-20(11-16)31-25(32)30-19-8-6-17(7-9-19)21-14-36-23-18(13-29-24(27)22(21)23)4-2-10-28-15-35-37(33)34/h1,3,5-9,11,13-14,28,37H,10,12,15,26H2,(H2,27,29)(H2,30,31,32). The molecule has 190 valence electrons. The summed E-state index contributed by atoms with van der Waals surface area (Å²) < 4.78 is 26.1. The van der Waals surface area contributed by atoms with Crippen LogP contribution < -0.4 is 27.4 Å². The van der Waals surface area contributed by atoms with E-state index in [0.29, 0.717) is 29.3 Å². The molecule has 0 saturated heterocycles. The van der Waals surface area contributed by atoms with Gasteiger partial charge in [-0.05, 0) is 40.8 Å². The van der Waals surface area contributed by atoms with Gasteiger partial charge in [0.15, 0.2) is 0 Å². The second-order valence-corrected chi connectivity index (χ2v) is 9.28. The molecule has 2 amide bonds. The summed E-state index contributed by atoms with van der Waals surface area (Å²) in [5, 5.41) is 11.2. The number of amides is 2. The number of pyridine rings is 1. The summed E-state index contributed by atoms with van der Waals surface area (Å²) in [6.45, 7) is 0.498. The molecular weight excluding hydrogens is 512 g/mol. The number of rotatable bonds is 8. The van der Waals surface area contributed by atoms with Crippen molar-refractivity contribution in [2.45, 2.75) is 6.54 Å². The van der Waals surface area contributed by atoms with Gasteiger partial charge in [-0.15, -0.1) is 11.3 Å². The average molecular weight is 537 g/mol. The largest absolute Gasteiger partial charge is 0.383 e. The minimum absolute atomic E-state index is 0.139. The molecule has 0 atom stereocenters. The zero-order chi connectivity index (χ0) is 26.2. The zero-order valence-electron chi connectivity index (χ0n) is 19.5. The molecular formula is C25H24N6O4S2. The number of thiophene rings is 1. The van der Waals surface area contributed by atoms with E-state index in [1.807, 2.05) is 47.8 Å². The molecule has 0 saturated carbocycles. The van der Waals surface area contributed by atoms with Gasteiger partial charge in [-0.2, -0.15) is 0 Å². The zero-order valence-corrected chi connectivity index (χ0v) is 21.2. The van der Waals surface area contributed by atoms with E-state index >= 15 is 0 Å². The maximum atomic E-state index is 12.4. The van der Waals surface area contributed by atoms with Crippen molar-refractivity contribution in [1.29, 1.82) is 0 Å². The lowest BCUT2D eigenvalue weighted by Gasteiger charge is -2.09. The number of carbonyl (C=O) groups excluding carboxylic acids is 1. The van der Waals surface area contributed by atoms with Crippen LogP contribution in [-0.4, -0.2) is 32.7 Å². The highest BCUT2D eigenvalue weighted by Crippen LogP contribution is 2.38. The van der Waals surface area contributed by atoms with E-state index in [4.69, 9.17) is 11.5 Å². The number of carbonyl (C=O) groups is 1. The highest BCUT2D eigenvalue weighted by atomic mass is 32.2. The van der Waals surface area contributed by atoms with Crippen molar-refractivity contribution in [3.8, 4) is 23.0 Å². The third-order valence-electron chi connectivity index (χ3n) is 5.21. The Morgan fingerprint density at radius 3 is 2.65 bits per heavy atom. The molecule has 37 heavy (non-hydrogen) atoms. The molecule has 2 aromatic carbocycles. The van der Waals surface area contributed by atoms with Gasteiger partial charge in [0, 0.05) is 35.1 Å². The van der Waals surface area contributed by atoms with Crippen LogP contribution in [0.2, 0.25) is 0 Å². The number of aromatic nitrogens is 1.